The first-order chi connectivity index (χ1) is 3.71. The molecule has 0 aromatic carbocycles. The number of hydrogen-bond donors (Lipinski definition) is 0. The van der Waals surface area contributed by atoms with Crippen molar-refractivity contribution in [3.8, 4) is 0 Å². The Morgan fingerprint density at radius 2 is 1.60 bits per heavy atom. The minimum atomic E-state index is -5.69. The van der Waals surface area contributed by atoms with Gasteiger partial charge in [-0.25, -0.2) is 12.4 Å². The van der Waals surface area contributed by atoms with Gasteiger partial charge >= 0.3 is 17.4 Å². The van der Waals surface area contributed by atoms with Gasteiger partial charge in [0.1, 0.15) is 0 Å². The van der Waals surface area contributed by atoms with Gasteiger partial charge in [0.15, 0.2) is 0 Å². The van der Waals surface area contributed by atoms with E-state index in [0.717, 1.165) is 0 Å². The molecule has 10 heavy (non-hydrogen) atoms. The van der Waals surface area contributed by atoms with Crippen molar-refractivity contribution < 1.29 is 31.3 Å². The Morgan fingerprint density at radius 3 is 1.60 bits per heavy atom. The van der Waals surface area contributed by atoms with Gasteiger partial charge in [-0.1, -0.05) is 0 Å². The van der Waals surface area contributed by atoms with Gasteiger partial charge in [-0.05, 0) is 0 Å². The monoisotopic (exact) mass is 202 g/mol. The fourth-order valence-corrected chi connectivity index (χ4v) is 1.01. The van der Waals surface area contributed by atoms with Gasteiger partial charge in [-0.3, -0.25) is 0 Å². The number of phosphoric acid groups is 1. The fourth-order valence-electron chi connectivity index (χ4n) is 0.112. The SMILES string of the molecule is O=P([O-])([O-])OS(=O)(=O)[O-].[Al+3]. The van der Waals surface area contributed by atoms with Crippen LogP contribution in [0.25, 0.3) is 0 Å². The molecular weight excluding hydrogens is 202 g/mol. The molecule has 10 heteroatoms. The Bertz CT molecular complexity index is 220. The Labute approximate surface area is 67.3 Å². The molecule has 0 aliphatic rings. The molecule has 0 saturated carbocycles. The topological polar surface area (TPSA) is 130 Å². The van der Waals surface area contributed by atoms with E-state index in [1.165, 1.54) is 0 Å². The van der Waals surface area contributed by atoms with Crippen LogP contribution in [0.15, 0.2) is 0 Å². The molecule has 56 valence electrons. The predicted molar refractivity (Wildman–Crippen MR) is 24.1 cm³/mol. The number of rotatable bonds is 2. The summed E-state index contributed by atoms with van der Waals surface area (Å²) in [5.74, 6) is 0. The zero-order chi connectivity index (χ0) is 7.71. The first kappa shape index (κ1) is 13.2. The van der Waals surface area contributed by atoms with E-state index in [1.54, 1.807) is 0 Å². The second-order valence-corrected chi connectivity index (χ2v) is 3.24. The van der Waals surface area contributed by atoms with Crippen molar-refractivity contribution in [1.29, 1.82) is 0 Å². The maximum atomic E-state index is 9.32. The molecule has 0 heterocycles. The van der Waals surface area contributed by atoms with Crippen molar-refractivity contribution in [2.24, 2.45) is 0 Å². The van der Waals surface area contributed by atoms with Crippen LogP contribution >= 0.6 is 7.82 Å². The zero-order valence-corrected chi connectivity index (χ0v) is 7.16. The van der Waals surface area contributed by atoms with Gasteiger partial charge in [-0.15, -0.1) is 0 Å². The van der Waals surface area contributed by atoms with Crippen molar-refractivity contribution >= 4 is 35.6 Å². The largest absolute Gasteiger partial charge is 3.00 e. The summed E-state index contributed by atoms with van der Waals surface area (Å²) in [6.07, 6.45) is 0. The molecule has 0 unspecified atom stereocenters. The average molecular weight is 202 g/mol. The predicted octanol–water partition coefficient (Wildman–Crippen LogP) is -3.09. The van der Waals surface area contributed by atoms with Gasteiger partial charge in [0.2, 0.25) is 10.4 Å². The summed E-state index contributed by atoms with van der Waals surface area (Å²) in [5.41, 5.74) is 0. The van der Waals surface area contributed by atoms with E-state index < -0.39 is 18.2 Å². The standard InChI is InChI=1S/Al.H3O7PS/c;1-8(2,3)7-9(4,5)6/h;(H2,1,2,3)(H,4,5,6)/q+3;/p-3. The third-order valence-corrected chi connectivity index (χ3v) is 1.64. The molecule has 0 amide bonds. The zero-order valence-electron chi connectivity index (χ0n) is 4.29. The van der Waals surface area contributed by atoms with Crippen molar-refractivity contribution in [2.45, 2.75) is 0 Å². The van der Waals surface area contributed by atoms with Crippen LogP contribution in [0.5, 0.6) is 0 Å². The minimum absolute atomic E-state index is 0. The molecule has 0 bridgehead atoms. The molecule has 0 radical (unpaired) electrons. The molecule has 0 saturated heterocycles. The van der Waals surface area contributed by atoms with Crippen molar-refractivity contribution in [2.75, 3.05) is 0 Å². The Hall–Kier alpha value is 0.552. The third-order valence-electron chi connectivity index (χ3n) is 0.183. The van der Waals surface area contributed by atoms with Crippen LogP contribution in [0.1, 0.15) is 0 Å². The second-order valence-electron chi connectivity index (χ2n) is 0.930. The molecule has 0 aliphatic heterocycles. The fraction of sp³-hybridized carbons (Fsp3) is 0. The average Bonchev–Trinajstić information content (AvgIpc) is 1.14. The number of hydrogen-bond acceptors (Lipinski definition) is 7. The van der Waals surface area contributed by atoms with E-state index in [-0.39, 0.29) is 17.4 Å². The summed E-state index contributed by atoms with van der Waals surface area (Å²) in [6.45, 7) is 0. The third kappa shape index (κ3) is 11.4. The second kappa shape index (κ2) is 3.80. The molecule has 0 aliphatic carbocycles. The summed E-state index contributed by atoms with van der Waals surface area (Å²) in [6, 6.07) is 0. The molecule has 0 spiro atoms. The molecule has 0 rings (SSSR count). The van der Waals surface area contributed by atoms with Crippen LogP contribution in [-0.2, 0) is 18.9 Å². The molecular formula is AlO7PS. The summed E-state index contributed by atoms with van der Waals surface area (Å²) in [7, 11) is -11.1. The first-order valence-corrected chi connectivity index (χ1v) is 4.19. The van der Waals surface area contributed by atoms with Crippen LogP contribution in [0.2, 0.25) is 0 Å². The van der Waals surface area contributed by atoms with Crippen molar-refractivity contribution in [1.82, 2.24) is 0 Å². The van der Waals surface area contributed by atoms with E-state index in [1.807, 2.05) is 0 Å². The maximum absolute atomic E-state index is 9.32. The van der Waals surface area contributed by atoms with Gasteiger partial charge in [0.25, 0.3) is 0 Å². The molecule has 0 aromatic rings. The summed E-state index contributed by atoms with van der Waals surface area (Å²) < 4.78 is 39.7. The van der Waals surface area contributed by atoms with Crippen molar-refractivity contribution in [3.63, 3.8) is 0 Å². The Balaban J connectivity index is 0. The molecule has 0 fully saturated rings. The quantitative estimate of drug-likeness (QED) is 0.200. The Morgan fingerprint density at radius 1 is 1.30 bits per heavy atom. The summed E-state index contributed by atoms with van der Waals surface area (Å²) >= 11 is 0. The maximum Gasteiger partial charge on any atom is 3.00 e. The van der Waals surface area contributed by atoms with Crippen molar-refractivity contribution in [3.05, 3.63) is 0 Å². The van der Waals surface area contributed by atoms with Crippen LogP contribution in [-0.4, -0.2) is 30.3 Å². The smallest absolute Gasteiger partial charge is 0.789 e. The van der Waals surface area contributed by atoms with Gasteiger partial charge in [0.05, 0.1) is 7.82 Å². The van der Waals surface area contributed by atoms with E-state index in [4.69, 9.17) is 0 Å². The van der Waals surface area contributed by atoms with Gasteiger partial charge in [-0.2, -0.15) is 0 Å². The molecule has 0 N–H and O–H groups in total. The summed E-state index contributed by atoms with van der Waals surface area (Å²) in [4.78, 5) is 18.6. The Kier molecular flexibility index (Phi) is 5.01. The van der Waals surface area contributed by atoms with Gasteiger partial charge < -0.3 is 18.9 Å². The summed E-state index contributed by atoms with van der Waals surface area (Å²) in [5, 5.41) is 0. The van der Waals surface area contributed by atoms with E-state index >= 15 is 0 Å². The molecule has 0 atom stereocenters. The van der Waals surface area contributed by atoms with E-state index in [2.05, 4.69) is 3.97 Å². The minimum Gasteiger partial charge on any atom is -0.789 e. The molecule has 7 nitrogen and oxygen atoms in total. The molecule has 0 aromatic heterocycles. The normalized spacial score (nSPS) is 12.3. The van der Waals surface area contributed by atoms with E-state index in [0.29, 0.717) is 0 Å². The van der Waals surface area contributed by atoms with Crippen LogP contribution in [0.3, 0.4) is 0 Å². The van der Waals surface area contributed by atoms with E-state index in [9.17, 15) is 27.3 Å². The van der Waals surface area contributed by atoms with Crippen LogP contribution in [0, 0.1) is 0 Å². The van der Waals surface area contributed by atoms with Crippen LogP contribution in [0.4, 0.5) is 0 Å². The van der Waals surface area contributed by atoms with Crippen LogP contribution < -0.4 is 9.79 Å². The van der Waals surface area contributed by atoms with Gasteiger partial charge in [0, 0.05) is 0 Å². The first-order valence-electron chi connectivity index (χ1n) is 1.40.